The summed E-state index contributed by atoms with van der Waals surface area (Å²) in [6.45, 7) is 5.84. The van der Waals surface area contributed by atoms with Crippen LogP contribution in [0.4, 0.5) is 16.2 Å². The second kappa shape index (κ2) is 10.4. The number of amides is 3. The fraction of sp³-hybridized carbons (Fsp3) is 0.357. The number of aryl methyl sites for hydroxylation is 3. The molecule has 0 spiro atoms. The summed E-state index contributed by atoms with van der Waals surface area (Å²) in [4.78, 5) is 43.3. The first-order valence-corrected chi connectivity index (χ1v) is 12.3. The van der Waals surface area contributed by atoms with Crippen molar-refractivity contribution in [3.8, 4) is 0 Å². The van der Waals surface area contributed by atoms with Gasteiger partial charge in [0.15, 0.2) is 5.69 Å². The van der Waals surface area contributed by atoms with Crippen molar-refractivity contribution < 1.29 is 19.5 Å². The molecule has 3 aromatic rings. The van der Waals surface area contributed by atoms with E-state index in [1.165, 1.54) is 0 Å². The van der Waals surface area contributed by atoms with Crippen molar-refractivity contribution in [3.63, 3.8) is 0 Å². The number of nitrogens with one attached hydrogen (secondary N) is 3. The molecule has 1 aromatic heterocycles. The SMILES string of the molecule is Cc1cc(C)c(NC(=O)Nc2cc3ccccc3nc2C(=O)NC2(C(=O)O)CCCCCC2)c(C)c1. The van der Waals surface area contributed by atoms with Crippen molar-refractivity contribution in [2.24, 2.45) is 0 Å². The molecule has 8 nitrogen and oxygen atoms in total. The van der Waals surface area contributed by atoms with Gasteiger partial charge in [-0.25, -0.2) is 14.6 Å². The number of aromatic nitrogens is 1. The van der Waals surface area contributed by atoms with Crippen molar-refractivity contribution in [1.29, 1.82) is 0 Å². The molecule has 1 saturated carbocycles. The Morgan fingerprint density at radius 1 is 0.889 bits per heavy atom. The van der Waals surface area contributed by atoms with E-state index in [0.29, 0.717) is 24.0 Å². The number of pyridine rings is 1. The van der Waals surface area contributed by atoms with E-state index in [0.717, 1.165) is 47.8 Å². The van der Waals surface area contributed by atoms with Gasteiger partial charge in [-0.2, -0.15) is 0 Å². The van der Waals surface area contributed by atoms with Gasteiger partial charge in [0.2, 0.25) is 0 Å². The molecule has 1 aliphatic rings. The number of carboxylic acids is 1. The number of rotatable bonds is 5. The molecule has 1 fully saturated rings. The molecule has 36 heavy (non-hydrogen) atoms. The number of fused-ring (bicyclic) bond motifs is 1. The molecule has 2 aromatic carbocycles. The van der Waals surface area contributed by atoms with E-state index in [4.69, 9.17) is 0 Å². The van der Waals surface area contributed by atoms with Crippen LogP contribution in [-0.2, 0) is 4.79 Å². The number of aliphatic carboxylic acids is 1. The zero-order valence-electron chi connectivity index (χ0n) is 20.9. The number of para-hydroxylation sites is 1. The van der Waals surface area contributed by atoms with Crippen LogP contribution in [0.1, 0.15) is 65.7 Å². The Labute approximate surface area is 210 Å². The molecule has 1 heterocycles. The van der Waals surface area contributed by atoms with E-state index in [9.17, 15) is 19.5 Å². The maximum Gasteiger partial charge on any atom is 0.329 e. The third-order valence-electron chi connectivity index (χ3n) is 6.82. The molecule has 8 heteroatoms. The first kappa shape index (κ1) is 25.2. The largest absolute Gasteiger partial charge is 0.480 e. The van der Waals surface area contributed by atoms with Gasteiger partial charge in [0.1, 0.15) is 5.54 Å². The van der Waals surface area contributed by atoms with Gasteiger partial charge in [-0.15, -0.1) is 0 Å². The third-order valence-corrected chi connectivity index (χ3v) is 6.82. The highest BCUT2D eigenvalue weighted by Crippen LogP contribution is 2.29. The van der Waals surface area contributed by atoms with Crippen LogP contribution in [0.25, 0.3) is 10.9 Å². The summed E-state index contributed by atoms with van der Waals surface area (Å²) in [6, 6.07) is 12.4. The molecule has 0 atom stereocenters. The van der Waals surface area contributed by atoms with Crippen molar-refractivity contribution in [2.45, 2.75) is 64.8 Å². The molecule has 3 amide bonds. The van der Waals surface area contributed by atoms with Crippen LogP contribution in [-0.4, -0.2) is 33.5 Å². The number of carbonyl (C=O) groups excluding carboxylic acids is 2. The molecule has 4 rings (SSSR count). The normalized spacial score (nSPS) is 15.1. The van der Waals surface area contributed by atoms with Gasteiger partial charge in [-0.05, 0) is 56.9 Å². The summed E-state index contributed by atoms with van der Waals surface area (Å²) >= 11 is 0. The molecule has 1 aliphatic carbocycles. The Kier molecular flexibility index (Phi) is 7.24. The molecule has 4 N–H and O–H groups in total. The number of urea groups is 1. The summed E-state index contributed by atoms with van der Waals surface area (Å²) in [5.74, 6) is -1.67. The van der Waals surface area contributed by atoms with Crippen LogP contribution in [0.15, 0.2) is 42.5 Å². The van der Waals surface area contributed by atoms with E-state index >= 15 is 0 Å². The molecule has 0 bridgehead atoms. The summed E-state index contributed by atoms with van der Waals surface area (Å²) in [7, 11) is 0. The minimum absolute atomic E-state index is 0.0222. The summed E-state index contributed by atoms with van der Waals surface area (Å²) in [5, 5.41) is 19.2. The highest BCUT2D eigenvalue weighted by atomic mass is 16.4. The monoisotopic (exact) mass is 488 g/mol. The van der Waals surface area contributed by atoms with Gasteiger partial charge in [0.05, 0.1) is 11.2 Å². The van der Waals surface area contributed by atoms with Crippen LogP contribution < -0.4 is 16.0 Å². The molecule has 188 valence electrons. The minimum Gasteiger partial charge on any atom is -0.480 e. The third kappa shape index (κ3) is 5.32. The van der Waals surface area contributed by atoms with E-state index in [1.807, 2.05) is 51.1 Å². The lowest BCUT2D eigenvalue weighted by molar-refractivity contribution is -0.145. The number of nitrogens with zero attached hydrogens (tertiary/aromatic N) is 1. The van der Waals surface area contributed by atoms with Crippen LogP contribution in [0.5, 0.6) is 0 Å². The second-order valence-corrected chi connectivity index (χ2v) is 9.69. The topological polar surface area (TPSA) is 120 Å². The lowest BCUT2D eigenvalue weighted by Crippen LogP contribution is -2.54. The van der Waals surface area contributed by atoms with E-state index in [-0.39, 0.29) is 11.4 Å². The molecular formula is C28H32N4O4. The highest BCUT2D eigenvalue weighted by Gasteiger charge is 2.41. The van der Waals surface area contributed by atoms with Gasteiger partial charge in [-0.1, -0.05) is 61.6 Å². The van der Waals surface area contributed by atoms with Crippen LogP contribution in [0.3, 0.4) is 0 Å². The number of anilines is 2. The molecule has 0 aliphatic heterocycles. The Bertz CT molecular complexity index is 1300. The van der Waals surface area contributed by atoms with Gasteiger partial charge >= 0.3 is 12.0 Å². The Balaban J connectivity index is 1.66. The Morgan fingerprint density at radius 2 is 1.53 bits per heavy atom. The van der Waals surface area contributed by atoms with Crippen molar-refractivity contribution in [3.05, 3.63) is 64.8 Å². The zero-order valence-corrected chi connectivity index (χ0v) is 20.9. The van der Waals surface area contributed by atoms with E-state index in [2.05, 4.69) is 20.9 Å². The van der Waals surface area contributed by atoms with Crippen molar-refractivity contribution in [2.75, 3.05) is 10.6 Å². The van der Waals surface area contributed by atoms with Crippen LogP contribution >= 0.6 is 0 Å². The van der Waals surface area contributed by atoms with Gasteiger partial charge in [0, 0.05) is 11.1 Å². The maximum absolute atomic E-state index is 13.5. The van der Waals surface area contributed by atoms with Crippen molar-refractivity contribution >= 4 is 40.2 Å². The van der Waals surface area contributed by atoms with Gasteiger partial charge < -0.3 is 21.1 Å². The smallest absolute Gasteiger partial charge is 0.329 e. The number of carbonyl (C=O) groups is 3. The molecule has 0 unspecified atom stereocenters. The summed E-state index contributed by atoms with van der Waals surface area (Å²) in [5.41, 5.74) is 3.05. The quantitative estimate of drug-likeness (QED) is 0.343. The molecule has 0 saturated heterocycles. The first-order valence-electron chi connectivity index (χ1n) is 12.3. The summed E-state index contributed by atoms with van der Waals surface area (Å²) < 4.78 is 0. The van der Waals surface area contributed by atoms with Crippen molar-refractivity contribution in [1.82, 2.24) is 10.3 Å². The zero-order chi connectivity index (χ0) is 25.9. The Morgan fingerprint density at radius 3 is 2.17 bits per heavy atom. The summed E-state index contributed by atoms with van der Waals surface area (Å²) in [6.07, 6.45) is 4.03. The lowest BCUT2D eigenvalue weighted by atomic mass is 9.90. The predicted octanol–water partition coefficient (Wildman–Crippen LogP) is 5.71. The number of carboxylic acid groups (broad SMARTS) is 1. The average Bonchev–Trinajstić information content (AvgIpc) is 3.07. The van der Waals surface area contributed by atoms with E-state index < -0.39 is 23.4 Å². The number of benzene rings is 2. The van der Waals surface area contributed by atoms with Crippen LogP contribution in [0, 0.1) is 20.8 Å². The number of hydrogen-bond acceptors (Lipinski definition) is 4. The van der Waals surface area contributed by atoms with Gasteiger partial charge in [-0.3, -0.25) is 4.79 Å². The fourth-order valence-electron chi connectivity index (χ4n) is 5.03. The average molecular weight is 489 g/mol. The second-order valence-electron chi connectivity index (χ2n) is 9.69. The highest BCUT2D eigenvalue weighted by molar-refractivity contribution is 6.08. The standard InChI is InChI=1S/C28H32N4O4/c1-17-14-18(2)23(19(3)15-17)31-27(36)30-22-16-20-10-6-7-11-21(20)29-24(22)25(33)32-28(26(34)35)12-8-4-5-9-13-28/h6-7,10-11,14-16H,4-5,8-9,12-13H2,1-3H3,(H,32,33)(H,34,35)(H2,30,31,36). The van der Waals surface area contributed by atoms with Gasteiger partial charge in [0.25, 0.3) is 5.91 Å². The van der Waals surface area contributed by atoms with E-state index in [1.54, 1.807) is 12.1 Å². The minimum atomic E-state index is -1.35. The number of hydrogen-bond donors (Lipinski definition) is 4. The fourth-order valence-corrected chi connectivity index (χ4v) is 5.03. The van der Waals surface area contributed by atoms with Crippen LogP contribution in [0.2, 0.25) is 0 Å². The lowest BCUT2D eigenvalue weighted by Gasteiger charge is -2.29. The predicted molar refractivity (Wildman–Crippen MR) is 141 cm³/mol. The first-order chi connectivity index (χ1) is 17.2. The maximum atomic E-state index is 13.5. The molecular weight excluding hydrogens is 456 g/mol. The molecule has 0 radical (unpaired) electrons. The Hall–Kier alpha value is -3.94.